The lowest BCUT2D eigenvalue weighted by atomic mass is 9.97. The fraction of sp³-hybridized carbons (Fsp3) is 0.500. The highest BCUT2D eigenvalue weighted by Gasteiger charge is 2.25. The number of aromatic nitrogens is 5. The Morgan fingerprint density at radius 1 is 1.24 bits per heavy atom. The predicted octanol–water partition coefficient (Wildman–Crippen LogP) is 2.25. The zero-order chi connectivity index (χ0) is 20.5. The normalized spacial score (nSPS) is 19.9. The van der Waals surface area contributed by atoms with Crippen molar-refractivity contribution in [3.8, 4) is 0 Å². The predicted molar refractivity (Wildman–Crippen MR) is 111 cm³/mol. The quantitative estimate of drug-likeness (QED) is 0.601. The first-order valence-electron chi connectivity index (χ1n) is 9.97. The van der Waals surface area contributed by atoms with E-state index in [2.05, 4.69) is 44.0 Å². The molecule has 1 fully saturated rings. The number of imidazole rings is 1. The van der Waals surface area contributed by atoms with Crippen LogP contribution in [0.1, 0.15) is 39.1 Å². The summed E-state index contributed by atoms with van der Waals surface area (Å²) in [6.45, 7) is 7.50. The summed E-state index contributed by atoms with van der Waals surface area (Å²) < 4.78 is 2.01. The van der Waals surface area contributed by atoms with Crippen molar-refractivity contribution in [2.45, 2.75) is 45.9 Å². The Bertz CT molecular complexity index is 1000. The van der Waals surface area contributed by atoms with Crippen LogP contribution in [0.3, 0.4) is 0 Å². The van der Waals surface area contributed by atoms with Gasteiger partial charge in [0.1, 0.15) is 29.6 Å². The Balaban J connectivity index is 1.59. The first-order chi connectivity index (χ1) is 14.0. The second kappa shape index (κ2) is 7.92. The molecule has 0 amide bonds. The van der Waals surface area contributed by atoms with Crippen LogP contribution in [0.25, 0.3) is 11.0 Å². The number of hydrogen-bond donors (Lipinski definition) is 3. The van der Waals surface area contributed by atoms with Crippen LogP contribution >= 0.6 is 0 Å². The highest BCUT2D eigenvalue weighted by molar-refractivity contribution is 5.79. The third-order valence-corrected chi connectivity index (χ3v) is 5.35. The van der Waals surface area contributed by atoms with Gasteiger partial charge >= 0.3 is 0 Å². The molecule has 2 atom stereocenters. The molecule has 0 spiro atoms. The van der Waals surface area contributed by atoms with E-state index >= 15 is 0 Å². The number of aliphatic hydroxyl groups is 2. The van der Waals surface area contributed by atoms with Crippen LogP contribution in [-0.4, -0.2) is 53.9 Å². The van der Waals surface area contributed by atoms with Gasteiger partial charge in [-0.1, -0.05) is 6.92 Å². The van der Waals surface area contributed by atoms with Gasteiger partial charge in [-0.15, -0.1) is 0 Å². The van der Waals surface area contributed by atoms with Crippen molar-refractivity contribution in [2.24, 2.45) is 5.92 Å². The molecule has 4 heterocycles. The third-order valence-electron chi connectivity index (χ3n) is 5.35. The van der Waals surface area contributed by atoms with Gasteiger partial charge in [0.25, 0.3) is 0 Å². The molecular weight excluding hydrogens is 370 g/mol. The molecule has 1 aliphatic rings. The van der Waals surface area contributed by atoms with Crippen molar-refractivity contribution in [2.75, 3.05) is 23.3 Å². The van der Waals surface area contributed by atoms with Crippen LogP contribution in [0.5, 0.6) is 0 Å². The third kappa shape index (κ3) is 3.88. The van der Waals surface area contributed by atoms with Crippen molar-refractivity contribution in [1.29, 1.82) is 0 Å². The lowest BCUT2D eigenvalue weighted by Crippen LogP contribution is -2.42. The fourth-order valence-corrected chi connectivity index (χ4v) is 3.82. The maximum atomic E-state index is 9.95. The molecule has 3 N–H and O–H groups in total. The largest absolute Gasteiger partial charge is 0.393 e. The molecule has 0 unspecified atom stereocenters. The standard InChI is InChI=1S/C20H27N7O2/c1-12(2)27-15-8-18(22-9-14(15)23-19(27)11-28)24-17-4-6-21-20(25-17)26-7-5-16(29)13(3)10-26/h4,6,8-9,12-13,16,28-29H,5,7,10-11H2,1-3H3,(H,21,22,24,25)/t13-,16-/m0/s1. The molecule has 0 aromatic carbocycles. The zero-order valence-electron chi connectivity index (χ0n) is 16.9. The first kappa shape index (κ1) is 19.5. The molecule has 3 aromatic heterocycles. The maximum Gasteiger partial charge on any atom is 0.227 e. The highest BCUT2D eigenvalue weighted by atomic mass is 16.3. The number of nitrogens with zero attached hydrogens (tertiary/aromatic N) is 6. The number of hydrogen-bond acceptors (Lipinski definition) is 8. The van der Waals surface area contributed by atoms with E-state index in [0.717, 1.165) is 24.1 Å². The molecule has 9 nitrogen and oxygen atoms in total. The molecule has 1 aliphatic heterocycles. The van der Waals surface area contributed by atoms with Crippen LogP contribution < -0.4 is 10.2 Å². The summed E-state index contributed by atoms with van der Waals surface area (Å²) in [5.74, 6) is 2.75. The molecule has 1 saturated heterocycles. The van der Waals surface area contributed by atoms with Gasteiger partial charge in [-0.25, -0.2) is 15.0 Å². The smallest absolute Gasteiger partial charge is 0.227 e. The van der Waals surface area contributed by atoms with Crippen LogP contribution in [0.15, 0.2) is 24.5 Å². The SMILES string of the molecule is CC(C)n1c(CO)nc2cnc(Nc3ccnc(N4CC[C@H](O)[C@@H](C)C4)n3)cc21. The van der Waals surface area contributed by atoms with Gasteiger partial charge in [0.15, 0.2) is 0 Å². The van der Waals surface area contributed by atoms with Gasteiger partial charge < -0.3 is 25.0 Å². The number of rotatable bonds is 5. The Hall–Kier alpha value is -2.78. The van der Waals surface area contributed by atoms with E-state index in [1.807, 2.05) is 17.6 Å². The molecule has 9 heteroatoms. The van der Waals surface area contributed by atoms with Gasteiger partial charge in [0, 0.05) is 31.4 Å². The highest BCUT2D eigenvalue weighted by Crippen LogP contribution is 2.25. The molecule has 0 bridgehead atoms. The Morgan fingerprint density at radius 2 is 2.07 bits per heavy atom. The minimum Gasteiger partial charge on any atom is -0.393 e. The fourth-order valence-electron chi connectivity index (χ4n) is 3.82. The summed E-state index contributed by atoms with van der Waals surface area (Å²) in [4.78, 5) is 20.0. The van der Waals surface area contributed by atoms with Crippen LogP contribution in [0.2, 0.25) is 0 Å². The first-order valence-corrected chi connectivity index (χ1v) is 9.97. The van der Waals surface area contributed by atoms with Crippen molar-refractivity contribution in [3.05, 3.63) is 30.4 Å². The minimum atomic E-state index is -0.266. The number of pyridine rings is 1. The number of anilines is 3. The number of nitrogens with one attached hydrogen (secondary N) is 1. The molecule has 4 rings (SSSR count). The summed E-state index contributed by atoms with van der Waals surface area (Å²) in [5, 5.41) is 22.8. The van der Waals surface area contributed by atoms with Gasteiger partial charge in [-0.3, -0.25) is 0 Å². The summed E-state index contributed by atoms with van der Waals surface area (Å²) in [6, 6.07) is 3.89. The monoisotopic (exact) mass is 397 g/mol. The molecule has 29 heavy (non-hydrogen) atoms. The van der Waals surface area contributed by atoms with Crippen molar-refractivity contribution >= 4 is 28.6 Å². The minimum absolute atomic E-state index is 0.117. The van der Waals surface area contributed by atoms with Crippen LogP contribution in [0.4, 0.5) is 17.6 Å². The van der Waals surface area contributed by atoms with E-state index in [0.29, 0.717) is 29.8 Å². The molecular formula is C20H27N7O2. The van der Waals surface area contributed by atoms with Gasteiger partial charge in [-0.2, -0.15) is 4.98 Å². The van der Waals surface area contributed by atoms with Crippen molar-refractivity contribution in [3.63, 3.8) is 0 Å². The van der Waals surface area contributed by atoms with E-state index in [4.69, 9.17) is 0 Å². The Kier molecular flexibility index (Phi) is 5.33. The molecule has 0 aliphatic carbocycles. The zero-order valence-corrected chi connectivity index (χ0v) is 16.9. The maximum absolute atomic E-state index is 9.95. The summed E-state index contributed by atoms with van der Waals surface area (Å²) in [5.41, 5.74) is 1.66. The van der Waals surface area contributed by atoms with E-state index < -0.39 is 0 Å². The van der Waals surface area contributed by atoms with Crippen molar-refractivity contribution in [1.82, 2.24) is 24.5 Å². The molecule has 0 radical (unpaired) electrons. The summed E-state index contributed by atoms with van der Waals surface area (Å²) >= 11 is 0. The average molecular weight is 397 g/mol. The second-order valence-corrected chi connectivity index (χ2v) is 7.85. The topological polar surface area (TPSA) is 112 Å². The Morgan fingerprint density at radius 3 is 2.79 bits per heavy atom. The number of aliphatic hydroxyl groups excluding tert-OH is 2. The number of piperidine rings is 1. The van der Waals surface area contributed by atoms with Gasteiger partial charge in [-0.05, 0) is 32.3 Å². The average Bonchev–Trinajstić information content (AvgIpc) is 3.08. The number of fused-ring (bicyclic) bond motifs is 1. The lowest BCUT2D eigenvalue weighted by Gasteiger charge is -2.34. The second-order valence-electron chi connectivity index (χ2n) is 7.85. The van der Waals surface area contributed by atoms with Crippen molar-refractivity contribution < 1.29 is 10.2 Å². The van der Waals surface area contributed by atoms with Crippen LogP contribution in [-0.2, 0) is 6.61 Å². The van der Waals surface area contributed by atoms with E-state index in [1.165, 1.54) is 0 Å². The Labute approximate surface area is 169 Å². The summed E-state index contributed by atoms with van der Waals surface area (Å²) in [7, 11) is 0. The van der Waals surface area contributed by atoms with Crippen LogP contribution in [0, 0.1) is 5.92 Å². The molecule has 3 aromatic rings. The van der Waals surface area contributed by atoms with E-state index in [1.54, 1.807) is 18.5 Å². The molecule has 0 saturated carbocycles. The lowest BCUT2D eigenvalue weighted by molar-refractivity contribution is 0.0966. The summed E-state index contributed by atoms with van der Waals surface area (Å²) in [6.07, 6.45) is 3.87. The van der Waals surface area contributed by atoms with E-state index in [-0.39, 0.29) is 24.7 Å². The van der Waals surface area contributed by atoms with Gasteiger partial charge in [0.2, 0.25) is 5.95 Å². The van der Waals surface area contributed by atoms with Gasteiger partial charge in [0.05, 0.1) is 17.8 Å². The molecule has 154 valence electrons. The van der Waals surface area contributed by atoms with E-state index in [9.17, 15) is 10.2 Å².